The fraction of sp³-hybridized carbons (Fsp3) is 0.115. The average Bonchev–Trinajstić information content (AvgIpc) is 2.99. The number of fused-ring (bicyclic) bond motifs is 3. The van der Waals surface area contributed by atoms with Gasteiger partial charge < -0.3 is 5.11 Å². The first-order chi connectivity index (χ1) is 14.4. The van der Waals surface area contributed by atoms with Gasteiger partial charge in [-0.15, -0.1) is 0 Å². The highest BCUT2D eigenvalue weighted by Crippen LogP contribution is 2.54. The number of aliphatic hydroxyl groups is 1. The van der Waals surface area contributed by atoms with Crippen LogP contribution in [0.5, 0.6) is 0 Å². The van der Waals surface area contributed by atoms with E-state index < -0.39 is 5.60 Å². The lowest BCUT2D eigenvalue weighted by Gasteiger charge is -2.30. The maximum Gasteiger partial charge on any atom is 0.142 e. The SMILES string of the molecule is Cc1cc(-c2cccnc2)c(C2(O)c3cc(Br)ccc3-c3ccc(Br)cc32)cc1C. The normalized spacial score (nSPS) is 13.8. The zero-order valence-electron chi connectivity index (χ0n) is 16.6. The molecular formula is C26H19Br2NO. The van der Waals surface area contributed by atoms with E-state index in [0.717, 1.165) is 53.5 Å². The number of aromatic nitrogens is 1. The van der Waals surface area contributed by atoms with Crippen LogP contribution in [0, 0.1) is 13.8 Å². The van der Waals surface area contributed by atoms with E-state index in [0.29, 0.717) is 0 Å². The molecule has 4 heteroatoms. The molecule has 5 rings (SSSR count). The van der Waals surface area contributed by atoms with E-state index in [1.54, 1.807) is 6.20 Å². The molecule has 0 spiro atoms. The number of rotatable bonds is 2. The number of halogens is 2. The number of benzene rings is 3. The van der Waals surface area contributed by atoms with Gasteiger partial charge in [0.1, 0.15) is 5.60 Å². The summed E-state index contributed by atoms with van der Waals surface area (Å²) in [5.74, 6) is 0. The molecule has 1 aliphatic rings. The summed E-state index contributed by atoms with van der Waals surface area (Å²) in [6, 6.07) is 20.5. The van der Waals surface area contributed by atoms with E-state index in [2.05, 4.69) is 75.0 Å². The Bertz CT molecular complexity index is 1250. The maximum absolute atomic E-state index is 12.5. The fourth-order valence-corrected chi connectivity index (χ4v) is 5.14. The van der Waals surface area contributed by atoms with Crippen molar-refractivity contribution in [2.45, 2.75) is 19.4 Å². The molecule has 0 unspecified atom stereocenters. The minimum atomic E-state index is -1.28. The Morgan fingerprint density at radius 3 is 1.87 bits per heavy atom. The summed E-state index contributed by atoms with van der Waals surface area (Å²) in [5, 5.41) is 12.5. The minimum Gasteiger partial charge on any atom is -0.376 e. The standard InChI is InChI=1S/C26H19Br2NO/c1-15-10-22(17-4-3-9-29-14-17)23(11-16(15)2)26(30)24-12-18(27)5-7-20(24)21-8-6-19(28)13-25(21)26/h3-14,30H,1-2H3. The summed E-state index contributed by atoms with van der Waals surface area (Å²) in [6.07, 6.45) is 3.63. The van der Waals surface area contributed by atoms with Crippen LogP contribution < -0.4 is 0 Å². The third kappa shape index (κ3) is 2.89. The molecule has 0 atom stereocenters. The van der Waals surface area contributed by atoms with Crippen molar-refractivity contribution in [2.75, 3.05) is 0 Å². The monoisotopic (exact) mass is 519 g/mol. The van der Waals surface area contributed by atoms with Gasteiger partial charge in [0.05, 0.1) is 0 Å². The van der Waals surface area contributed by atoms with Gasteiger partial charge >= 0.3 is 0 Å². The van der Waals surface area contributed by atoms with Crippen molar-refractivity contribution in [2.24, 2.45) is 0 Å². The Hall–Kier alpha value is -2.27. The van der Waals surface area contributed by atoms with Gasteiger partial charge in [-0.3, -0.25) is 4.98 Å². The second-order valence-electron chi connectivity index (χ2n) is 7.81. The van der Waals surface area contributed by atoms with Crippen LogP contribution in [0.1, 0.15) is 27.8 Å². The predicted molar refractivity (Wildman–Crippen MR) is 129 cm³/mol. The van der Waals surface area contributed by atoms with Crippen LogP contribution in [0.15, 0.2) is 82.0 Å². The van der Waals surface area contributed by atoms with Crippen molar-refractivity contribution < 1.29 is 5.11 Å². The first-order valence-corrected chi connectivity index (χ1v) is 11.3. The van der Waals surface area contributed by atoms with E-state index in [4.69, 9.17) is 0 Å². The van der Waals surface area contributed by atoms with Crippen molar-refractivity contribution in [3.63, 3.8) is 0 Å². The van der Waals surface area contributed by atoms with E-state index in [9.17, 15) is 5.11 Å². The summed E-state index contributed by atoms with van der Waals surface area (Å²) in [6.45, 7) is 4.19. The summed E-state index contributed by atoms with van der Waals surface area (Å²) in [5.41, 5.74) is 7.79. The number of pyridine rings is 1. The van der Waals surface area contributed by atoms with Gasteiger partial charge in [-0.25, -0.2) is 0 Å². The number of hydrogen-bond donors (Lipinski definition) is 1. The van der Waals surface area contributed by atoms with Crippen LogP contribution in [0.2, 0.25) is 0 Å². The largest absolute Gasteiger partial charge is 0.376 e. The van der Waals surface area contributed by atoms with Crippen LogP contribution in [0.4, 0.5) is 0 Å². The zero-order valence-corrected chi connectivity index (χ0v) is 19.8. The van der Waals surface area contributed by atoms with Crippen molar-refractivity contribution in [1.29, 1.82) is 0 Å². The molecule has 30 heavy (non-hydrogen) atoms. The molecule has 0 radical (unpaired) electrons. The molecule has 2 nitrogen and oxygen atoms in total. The summed E-state index contributed by atoms with van der Waals surface area (Å²) < 4.78 is 1.89. The molecule has 0 saturated heterocycles. The molecule has 0 bridgehead atoms. The van der Waals surface area contributed by atoms with Gasteiger partial charge in [-0.2, -0.15) is 0 Å². The Balaban J connectivity index is 1.91. The molecular weight excluding hydrogens is 502 g/mol. The molecule has 0 aliphatic heterocycles. The van der Waals surface area contributed by atoms with Gasteiger partial charge in [-0.05, 0) is 72.0 Å². The number of nitrogens with zero attached hydrogens (tertiary/aromatic N) is 1. The Morgan fingerprint density at radius 2 is 1.30 bits per heavy atom. The van der Waals surface area contributed by atoms with Gasteiger partial charge in [0, 0.05) is 43.6 Å². The van der Waals surface area contributed by atoms with E-state index >= 15 is 0 Å². The molecule has 1 aromatic heterocycles. The lowest BCUT2D eigenvalue weighted by atomic mass is 9.79. The Kier molecular flexibility index (Phi) is 4.69. The van der Waals surface area contributed by atoms with E-state index in [-0.39, 0.29) is 0 Å². The summed E-state index contributed by atoms with van der Waals surface area (Å²) in [4.78, 5) is 4.32. The second kappa shape index (κ2) is 7.16. The zero-order chi connectivity index (χ0) is 21.0. The van der Waals surface area contributed by atoms with Crippen molar-refractivity contribution in [3.05, 3.63) is 110 Å². The predicted octanol–water partition coefficient (Wildman–Crippen LogP) is 7.16. The molecule has 0 fully saturated rings. The topological polar surface area (TPSA) is 33.1 Å². The summed E-state index contributed by atoms with van der Waals surface area (Å²) in [7, 11) is 0. The molecule has 0 saturated carbocycles. The smallest absolute Gasteiger partial charge is 0.142 e. The number of aryl methyl sites for hydroxylation is 2. The van der Waals surface area contributed by atoms with E-state index in [1.165, 1.54) is 5.56 Å². The fourth-order valence-electron chi connectivity index (χ4n) is 4.41. The van der Waals surface area contributed by atoms with Gasteiger partial charge in [0.15, 0.2) is 0 Å². The Labute approximate surface area is 192 Å². The summed E-state index contributed by atoms with van der Waals surface area (Å²) >= 11 is 7.22. The maximum atomic E-state index is 12.5. The average molecular weight is 521 g/mol. The van der Waals surface area contributed by atoms with Gasteiger partial charge in [0.25, 0.3) is 0 Å². The van der Waals surface area contributed by atoms with Crippen LogP contribution in [-0.4, -0.2) is 10.1 Å². The lowest BCUT2D eigenvalue weighted by Crippen LogP contribution is -2.27. The quantitative estimate of drug-likeness (QED) is 0.304. The molecule has 0 amide bonds. The van der Waals surface area contributed by atoms with Crippen molar-refractivity contribution in [1.82, 2.24) is 4.98 Å². The van der Waals surface area contributed by atoms with Gasteiger partial charge in [-0.1, -0.05) is 62.2 Å². The van der Waals surface area contributed by atoms with Gasteiger partial charge in [0.2, 0.25) is 0 Å². The molecule has 4 aromatic rings. The van der Waals surface area contributed by atoms with Crippen LogP contribution >= 0.6 is 31.9 Å². The first kappa shape index (κ1) is 19.7. The number of hydrogen-bond acceptors (Lipinski definition) is 2. The van der Waals surface area contributed by atoms with E-state index in [1.807, 2.05) is 42.6 Å². The minimum absolute atomic E-state index is 0.870. The third-order valence-electron chi connectivity index (χ3n) is 6.03. The third-order valence-corrected chi connectivity index (χ3v) is 7.02. The molecule has 1 aliphatic carbocycles. The lowest BCUT2D eigenvalue weighted by molar-refractivity contribution is 0.131. The Morgan fingerprint density at radius 1 is 0.733 bits per heavy atom. The first-order valence-electron chi connectivity index (χ1n) is 9.74. The second-order valence-corrected chi connectivity index (χ2v) is 9.65. The van der Waals surface area contributed by atoms with Crippen LogP contribution in [0.3, 0.4) is 0 Å². The molecule has 3 aromatic carbocycles. The highest BCUT2D eigenvalue weighted by atomic mass is 79.9. The molecule has 1 heterocycles. The van der Waals surface area contributed by atoms with Crippen molar-refractivity contribution in [3.8, 4) is 22.3 Å². The highest BCUT2D eigenvalue weighted by molar-refractivity contribution is 9.10. The van der Waals surface area contributed by atoms with Crippen molar-refractivity contribution >= 4 is 31.9 Å². The molecule has 148 valence electrons. The highest BCUT2D eigenvalue weighted by Gasteiger charge is 2.45. The van der Waals surface area contributed by atoms with Crippen LogP contribution in [-0.2, 0) is 5.60 Å². The molecule has 1 N–H and O–H groups in total. The van der Waals surface area contributed by atoms with Crippen LogP contribution in [0.25, 0.3) is 22.3 Å².